The number of nitrogens with one attached hydrogen (secondary N) is 1. The topological polar surface area (TPSA) is 91.6 Å². The Morgan fingerprint density at radius 3 is 2.50 bits per heavy atom. The zero-order valence-corrected chi connectivity index (χ0v) is 16.7. The third-order valence-electron chi connectivity index (χ3n) is 5.60. The highest BCUT2D eigenvalue weighted by atomic mass is 19.1. The number of hydrogen-bond acceptors (Lipinski definition) is 4. The molecule has 2 amide bonds. The summed E-state index contributed by atoms with van der Waals surface area (Å²) in [6.07, 6.45) is 2.16. The Bertz CT molecular complexity index is 1220. The fraction of sp³-hybridized carbons (Fsp3) is 0.286. The van der Waals surface area contributed by atoms with Gasteiger partial charge >= 0.3 is 0 Å². The van der Waals surface area contributed by atoms with Gasteiger partial charge in [0.15, 0.2) is 11.4 Å². The van der Waals surface area contributed by atoms with Crippen LogP contribution in [-0.2, 0) is 6.54 Å². The van der Waals surface area contributed by atoms with E-state index < -0.39 is 76.0 Å². The Hall–Kier alpha value is -3.63. The van der Waals surface area contributed by atoms with Crippen LogP contribution >= 0.6 is 0 Å². The number of fused-ring (bicyclic) bond motifs is 4. The summed E-state index contributed by atoms with van der Waals surface area (Å²) in [7, 11) is 0. The number of rotatable bonds is 3. The first-order valence-electron chi connectivity index (χ1n) is 9.65. The number of pyridine rings is 1. The zero-order valence-electron chi connectivity index (χ0n) is 16.7. The normalized spacial score (nSPS) is 19.8. The lowest BCUT2D eigenvalue weighted by Gasteiger charge is -2.36. The number of carbonyl (C=O) groups is 2. The number of carbonyl (C=O) groups excluding carboxylic acids is 2. The van der Waals surface area contributed by atoms with Crippen LogP contribution < -0.4 is 10.7 Å². The second kappa shape index (κ2) is 7.81. The van der Waals surface area contributed by atoms with Crippen LogP contribution in [0, 0.1) is 17.5 Å². The summed E-state index contributed by atoms with van der Waals surface area (Å²) in [5, 5.41) is 12.6. The zero-order chi connectivity index (χ0) is 23.3. The monoisotopic (exact) mass is 451 g/mol. The summed E-state index contributed by atoms with van der Waals surface area (Å²) in [4.78, 5) is 39.3. The van der Waals surface area contributed by atoms with Crippen LogP contribution in [0.5, 0.6) is 5.75 Å². The lowest BCUT2D eigenvalue weighted by molar-refractivity contribution is 0.0629. The third kappa shape index (κ3) is 3.53. The molecule has 3 heterocycles. The van der Waals surface area contributed by atoms with E-state index in [9.17, 15) is 37.1 Å². The highest BCUT2D eigenvalue weighted by Gasteiger charge is 2.39. The maximum atomic E-state index is 14.2. The standard InChI is InChI=1S/C21H17F4N3O4/c1-9-2-10(22)3-12-7-27(9)21(32)17-19(30)18(29)14(8-28(12)17)20(31)26-6-13-15(24)4-11(23)5-16(13)25/h2,4-5,8-9,12,30H,3,6-7H2,1H3,(H,26,31)/t9-,12-/m0/s1. The van der Waals surface area contributed by atoms with Crippen LogP contribution in [-0.4, -0.2) is 39.0 Å². The van der Waals surface area contributed by atoms with Crippen molar-refractivity contribution < 1.29 is 32.3 Å². The lowest BCUT2D eigenvalue weighted by Crippen LogP contribution is -2.47. The fourth-order valence-electron chi connectivity index (χ4n) is 3.98. The van der Waals surface area contributed by atoms with Gasteiger partial charge in [0, 0.05) is 43.4 Å². The SMILES string of the molecule is C[C@H]1C=C(F)C[C@H]2CN1C(=O)c1c(O)c(=O)c(C(=O)NCc3c(F)cc(F)cc3F)cn12. The van der Waals surface area contributed by atoms with Gasteiger partial charge in [-0.3, -0.25) is 14.4 Å². The Morgan fingerprint density at radius 2 is 1.84 bits per heavy atom. The van der Waals surface area contributed by atoms with Crippen molar-refractivity contribution in [2.24, 2.45) is 0 Å². The maximum Gasteiger partial charge on any atom is 0.275 e. The minimum atomic E-state index is -1.23. The number of aromatic nitrogens is 1. The molecule has 0 saturated heterocycles. The Labute approximate surface area is 178 Å². The van der Waals surface area contributed by atoms with Crippen molar-refractivity contribution in [2.45, 2.75) is 32.0 Å². The minimum absolute atomic E-state index is 0.0896. The molecule has 0 unspecified atom stereocenters. The first kappa shape index (κ1) is 21.6. The van der Waals surface area contributed by atoms with E-state index in [0.29, 0.717) is 12.1 Å². The second-order valence-corrected chi connectivity index (χ2v) is 7.68. The van der Waals surface area contributed by atoms with Crippen LogP contribution in [0.2, 0.25) is 0 Å². The van der Waals surface area contributed by atoms with E-state index in [2.05, 4.69) is 5.32 Å². The van der Waals surface area contributed by atoms with Crippen molar-refractivity contribution in [3.63, 3.8) is 0 Å². The molecule has 0 radical (unpaired) electrons. The van der Waals surface area contributed by atoms with Crippen molar-refractivity contribution >= 4 is 11.8 Å². The molecule has 7 nitrogen and oxygen atoms in total. The molecule has 0 fully saturated rings. The number of halogens is 4. The number of aromatic hydroxyl groups is 1. The van der Waals surface area contributed by atoms with Gasteiger partial charge in [-0.1, -0.05) is 0 Å². The summed E-state index contributed by atoms with van der Waals surface area (Å²) in [5.41, 5.74) is -2.76. The van der Waals surface area contributed by atoms with E-state index in [1.165, 1.54) is 15.5 Å². The summed E-state index contributed by atoms with van der Waals surface area (Å²) in [5.74, 6) is -6.84. The summed E-state index contributed by atoms with van der Waals surface area (Å²) >= 11 is 0. The molecular formula is C21H17F4N3O4. The van der Waals surface area contributed by atoms with Crippen LogP contribution in [0.4, 0.5) is 17.6 Å². The molecule has 0 spiro atoms. The van der Waals surface area contributed by atoms with E-state index in [4.69, 9.17) is 0 Å². The van der Waals surface area contributed by atoms with Crippen LogP contribution in [0.1, 0.15) is 45.8 Å². The predicted octanol–water partition coefficient (Wildman–Crippen LogP) is 2.54. The van der Waals surface area contributed by atoms with Gasteiger partial charge in [0.05, 0.1) is 12.1 Å². The highest BCUT2D eigenvalue weighted by molar-refractivity contribution is 5.99. The molecule has 2 N–H and O–H groups in total. The van der Waals surface area contributed by atoms with E-state index in [1.807, 2.05) is 0 Å². The molecule has 11 heteroatoms. The van der Waals surface area contributed by atoms with E-state index in [0.717, 1.165) is 6.20 Å². The van der Waals surface area contributed by atoms with Crippen LogP contribution in [0.3, 0.4) is 0 Å². The Morgan fingerprint density at radius 1 is 1.19 bits per heavy atom. The van der Waals surface area contributed by atoms with Crippen LogP contribution in [0.15, 0.2) is 35.0 Å². The van der Waals surface area contributed by atoms with E-state index in [-0.39, 0.29) is 18.7 Å². The van der Waals surface area contributed by atoms with E-state index >= 15 is 0 Å². The average Bonchev–Trinajstić information content (AvgIpc) is 2.83. The van der Waals surface area contributed by atoms with E-state index in [1.54, 1.807) is 6.92 Å². The predicted molar refractivity (Wildman–Crippen MR) is 103 cm³/mol. The first-order chi connectivity index (χ1) is 15.1. The average molecular weight is 451 g/mol. The Balaban J connectivity index is 1.70. The van der Waals surface area contributed by atoms with Gasteiger partial charge in [-0.25, -0.2) is 17.6 Å². The summed E-state index contributed by atoms with van der Waals surface area (Å²) in [6.45, 7) is 0.982. The quantitative estimate of drug-likeness (QED) is 0.702. The van der Waals surface area contributed by atoms with Gasteiger partial charge < -0.3 is 19.9 Å². The molecule has 2 atom stereocenters. The molecular weight excluding hydrogens is 434 g/mol. The third-order valence-corrected chi connectivity index (χ3v) is 5.60. The second-order valence-electron chi connectivity index (χ2n) is 7.68. The largest absolute Gasteiger partial charge is 0.503 e. The van der Waals surface area contributed by atoms with Gasteiger partial charge in [0.25, 0.3) is 11.8 Å². The number of amides is 2. The summed E-state index contributed by atoms with van der Waals surface area (Å²) < 4.78 is 56.0. The summed E-state index contributed by atoms with van der Waals surface area (Å²) in [6, 6.07) is -0.402. The first-order valence-corrected chi connectivity index (χ1v) is 9.65. The van der Waals surface area contributed by atoms with Gasteiger partial charge in [0.1, 0.15) is 28.8 Å². The molecule has 1 aromatic heterocycles. The minimum Gasteiger partial charge on any atom is -0.503 e. The molecule has 168 valence electrons. The van der Waals surface area contributed by atoms with Crippen molar-refractivity contribution in [1.29, 1.82) is 0 Å². The molecule has 0 aliphatic carbocycles. The van der Waals surface area contributed by atoms with Crippen molar-refractivity contribution in [3.8, 4) is 5.75 Å². The number of allylic oxidation sites excluding steroid dienone is 1. The molecule has 2 bridgehead atoms. The lowest BCUT2D eigenvalue weighted by atomic mass is 10.1. The Kier molecular flexibility index (Phi) is 5.27. The van der Waals surface area contributed by atoms with Gasteiger partial charge in [-0.15, -0.1) is 0 Å². The molecule has 0 saturated carbocycles. The molecule has 2 aromatic rings. The van der Waals surface area contributed by atoms with Crippen molar-refractivity contribution in [2.75, 3.05) is 6.54 Å². The molecule has 2 aliphatic heterocycles. The molecule has 32 heavy (non-hydrogen) atoms. The smallest absolute Gasteiger partial charge is 0.275 e. The maximum absolute atomic E-state index is 14.2. The number of nitrogens with zero attached hydrogens (tertiary/aromatic N) is 2. The molecule has 4 rings (SSSR count). The van der Waals surface area contributed by atoms with Crippen molar-refractivity contribution in [1.82, 2.24) is 14.8 Å². The molecule has 2 aliphatic rings. The van der Waals surface area contributed by atoms with Crippen molar-refractivity contribution in [3.05, 3.63) is 74.7 Å². The van der Waals surface area contributed by atoms with Gasteiger partial charge in [0.2, 0.25) is 5.43 Å². The number of benzene rings is 1. The van der Waals surface area contributed by atoms with Gasteiger partial charge in [-0.05, 0) is 13.0 Å². The molecule has 1 aromatic carbocycles. The van der Waals surface area contributed by atoms with Crippen LogP contribution in [0.25, 0.3) is 0 Å². The number of hydrogen-bond donors (Lipinski definition) is 2. The van der Waals surface area contributed by atoms with Gasteiger partial charge in [-0.2, -0.15) is 0 Å². The fourth-order valence-corrected chi connectivity index (χ4v) is 3.98. The highest BCUT2D eigenvalue weighted by Crippen LogP contribution is 2.34.